The summed E-state index contributed by atoms with van der Waals surface area (Å²) >= 11 is 3.23. The van der Waals surface area contributed by atoms with Crippen LogP contribution in [0.5, 0.6) is 0 Å². The molecule has 0 atom stereocenters. The van der Waals surface area contributed by atoms with Gasteiger partial charge >= 0.3 is 0 Å². The standard InChI is InChI=1S/C14H9BrFN3O/c15-9-5-8(6-10(16)7-9)13-18-14(20-19-13)11-3-1-2-4-12(11)17/h1-7H,17H2. The quantitative estimate of drug-likeness (QED) is 0.722. The number of nitrogens with zero attached hydrogens (tertiary/aromatic N) is 2. The summed E-state index contributed by atoms with van der Waals surface area (Å²) in [6.07, 6.45) is 0. The molecule has 0 fully saturated rings. The minimum absolute atomic E-state index is 0.304. The van der Waals surface area contributed by atoms with Crippen LogP contribution in [-0.2, 0) is 0 Å². The summed E-state index contributed by atoms with van der Waals surface area (Å²) in [6, 6.07) is 11.6. The van der Waals surface area contributed by atoms with Crippen LogP contribution in [0.3, 0.4) is 0 Å². The third-order valence-electron chi connectivity index (χ3n) is 2.74. The van der Waals surface area contributed by atoms with Gasteiger partial charge < -0.3 is 10.3 Å². The van der Waals surface area contributed by atoms with Crippen molar-refractivity contribution < 1.29 is 8.91 Å². The van der Waals surface area contributed by atoms with Crippen LogP contribution >= 0.6 is 15.9 Å². The maximum absolute atomic E-state index is 13.4. The topological polar surface area (TPSA) is 64.9 Å². The fourth-order valence-corrected chi connectivity index (χ4v) is 2.29. The number of aromatic nitrogens is 2. The number of nitrogens with two attached hydrogens (primary N) is 1. The first-order chi connectivity index (χ1) is 9.63. The number of anilines is 1. The van der Waals surface area contributed by atoms with Crippen molar-refractivity contribution >= 4 is 21.6 Å². The van der Waals surface area contributed by atoms with Gasteiger partial charge in [-0.25, -0.2) is 4.39 Å². The summed E-state index contributed by atoms with van der Waals surface area (Å²) in [5.74, 6) is 0.238. The molecule has 3 rings (SSSR count). The number of hydrogen-bond donors (Lipinski definition) is 1. The van der Waals surface area contributed by atoms with E-state index in [0.717, 1.165) is 0 Å². The molecule has 0 amide bonds. The monoisotopic (exact) mass is 333 g/mol. The second-order valence-corrected chi connectivity index (χ2v) is 5.08. The Balaban J connectivity index is 2.04. The van der Waals surface area contributed by atoms with E-state index in [1.54, 1.807) is 18.2 Å². The minimum atomic E-state index is -0.375. The minimum Gasteiger partial charge on any atom is -0.398 e. The zero-order chi connectivity index (χ0) is 14.1. The van der Waals surface area contributed by atoms with Gasteiger partial charge in [-0.3, -0.25) is 0 Å². The van der Waals surface area contributed by atoms with E-state index >= 15 is 0 Å². The fourth-order valence-electron chi connectivity index (χ4n) is 1.82. The molecular formula is C14H9BrFN3O. The Bertz CT molecular complexity index is 752. The largest absolute Gasteiger partial charge is 0.398 e. The number of nitrogen functional groups attached to an aromatic ring is 1. The molecule has 20 heavy (non-hydrogen) atoms. The van der Waals surface area contributed by atoms with Gasteiger partial charge in [0.05, 0.1) is 5.56 Å². The zero-order valence-corrected chi connectivity index (χ0v) is 11.8. The number of halogens is 2. The van der Waals surface area contributed by atoms with E-state index in [9.17, 15) is 4.39 Å². The molecule has 4 nitrogen and oxygen atoms in total. The average Bonchev–Trinajstić information content (AvgIpc) is 2.87. The Labute approximate surface area is 122 Å². The highest BCUT2D eigenvalue weighted by Crippen LogP contribution is 2.27. The van der Waals surface area contributed by atoms with E-state index in [-0.39, 0.29) is 5.82 Å². The number of para-hydroxylation sites is 1. The molecule has 0 aliphatic heterocycles. The maximum atomic E-state index is 13.4. The average molecular weight is 334 g/mol. The number of hydrogen-bond acceptors (Lipinski definition) is 4. The Morgan fingerprint density at radius 1 is 1.15 bits per heavy atom. The molecule has 0 aliphatic carbocycles. The van der Waals surface area contributed by atoms with Gasteiger partial charge in [-0.15, -0.1) is 0 Å². The van der Waals surface area contributed by atoms with Crippen LogP contribution in [0.15, 0.2) is 51.5 Å². The molecule has 0 spiro atoms. The molecule has 0 aliphatic rings. The molecule has 0 saturated heterocycles. The van der Waals surface area contributed by atoms with Crippen LogP contribution in [0.25, 0.3) is 22.8 Å². The van der Waals surface area contributed by atoms with Crippen LogP contribution < -0.4 is 5.73 Å². The molecule has 0 radical (unpaired) electrons. The van der Waals surface area contributed by atoms with Crippen LogP contribution in [-0.4, -0.2) is 10.1 Å². The Morgan fingerprint density at radius 3 is 2.70 bits per heavy atom. The van der Waals surface area contributed by atoms with Crippen LogP contribution in [0.4, 0.5) is 10.1 Å². The van der Waals surface area contributed by atoms with E-state index in [1.165, 1.54) is 12.1 Å². The van der Waals surface area contributed by atoms with Crippen molar-refractivity contribution in [2.45, 2.75) is 0 Å². The van der Waals surface area contributed by atoms with Crippen molar-refractivity contribution in [2.24, 2.45) is 0 Å². The van der Waals surface area contributed by atoms with Crippen LogP contribution in [0.1, 0.15) is 0 Å². The van der Waals surface area contributed by atoms with Gasteiger partial charge in [-0.2, -0.15) is 4.98 Å². The van der Waals surface area contributed by atoms with E-state index in [4.69, 9.17) is 10.3 Å². The smallest absolute Gasteiger partial charge is 0.260 e. The molecule has 1 aromatic heterocycles. The lowest BCUT2D eigenvalue weighted by Gasteiger charge is -1.98. The van der Waals surface area contributed by atoms with Crippen molar-refractivity contribution in [2.75, 3.05) is 5.73 Å². The molecule has 100 valence electrons. The summed E-state index contributed by atoms with van der Waals surface area (Å²) < 4.78 is 19.2. The van der Waals surface area contributed by atoms with Crippen LogP contribution in [0, 0.1) is 5.82 Å². The zero-order valence-electron chi connectivity index (χ0n) is 10.2. The maximum Gasteiger partial charge on any atom is 0.260 e. The predicted octanol–water partition coefficient (Wildman–Crippen LogP) is 3.89. The second-order valence-electron chi connectivity index (χ2n) is 4.17. The highest BCUT2D eigenvalue weighted by molar-refractivity contribution is 9.10. The van der Waals surface area contributed by atoms with E-state index < -0.39 is 0 Å². The van der Waals surface area contributed by atoms with Gasteiger partial charge in [-0.05, 0) is 30.3 Å². The van der Waals surface area contributed by atoms with Gasteiger partial charge in [0.1, 0.15) is 5.82 Å². The van der Waals surface area contributed by atoms with Gasteiger partial charge in [0.2, 0.25) is 5.82 Å². The molecule has 0 bridgehead atoms. The first-order valence-electron chi connectivity index (χ1n) is 5.78. The summed E-state index contributed by atoms with van der Waals surface area (Å²) in [5, 5.41) is 3.86. The lowest BCUT2D eigenvalue weighted by Crippen LogP contribution is -1.89. The number of rotatable bonds is 2. The van der Waals surface area contributed by atoms with Crippen LogP contribution in [0.2, 0.25) is 0 Å². The summed E-state index contributed by atoms with van der Waals surface area (Å²) in [4.78, 5) is 4.25. The second kappa shape index (κ2) is 5.05. The van der Waals surface area contributed by atoms with Crippen molar-refractivity contribution in [3.05, 3.63) is 52.8 Å². The lowest BCUT2D eigenvalue weighted by molar-refractivity contribution is 0.432. The molecule has 1 heterocycles. The molecule has 2 aromatic carbocycles. The first-order valence-corrected chi connectivity index (χ1v) is 6.58. The Hall–Kier alpha value is -2.21. The molecule has 2 N–H and O–H groups in total. The molecule has 0 unspecified atom stereocenters. The summed E-state index contributed by atoms with van der Waals surface area (Å²) in [7, 11) is 0. The lowest BCUT2D eigenvalue weighted by atomic mass is 10.2. The predicted molar refractivity (Wildman–Crippen MR) is 77.2 cm³/mol. The Morgan fingerprint density at radius 2 is 1.95 bits per heavy atom. The third kappa shape index (κ3) is 2.42. The summed E-state index contributed by atoms with van der Waals surface area (Å²) in [5.41, 5.74) is 7.58. The van der Waals surface area contributed by atoms with E-state index in [0.29, 0.717) is 33.0 Å². The van der Waals surface area contributed by atoms with E-state index in [2.05, 4.69) is 26.1 Å². The highest BCUT2D eigenvalue weighted by Gasteiger charge is 2.13. The van der Waals surface area contributed by atoms with Gasteiger partial charge in [-0.1, -0.05) is 33.2 Å². The van der Waals surface area contributed by atoms with Gasteiger partial charge in [0.15, 0.2) is 0 Å². The molecule has 3 aromatic rings. The SMILES string of the molecule is Nc1ccccc1-c1nc(-c2cc(F)cc(Br)c2)no1. The van der Waals surface area contributed by atoms with E-state index in [1.807, 2.05) is 12.1 Å². The first kappa shape index (κ1) is 12.8. The highest BCUT2D eigenvalue weighted by atomic mass is 79.9. The fraction of sp³-hybridized carbons (Fsp3) is 0. The number of benzene rings is 2. The van der Waals surface area contributed by atoms with Crippen molar-refractivity contribution in [3.63, 3.8) is 0 Å². The van der Waals surface area contributed by atoms with Crippen molar-refractivity contribution in [3.8, 4) is 22.8 Å². The van der Waals surface area contributed by atoms with Gasteiger partial charge in [0.25, 0.3) is 5.89 Å². The van der Waals surface area contributed by atoms with Gasteiger partial charge in [0, 0.05) is 15.7 Å². The normalized spacial score (nSPS) is 10.7. The summed E-state index contributed by atoms with van der Waals surface area (Å²) in [6.45, 7) is 0. The van der Waals surface area contributed by atoms with Crippen molar-refractivity contribution in [1.82, 2.24) is 10.1 Å². The van der Waals surface area contributed by atoms with Crippen molar-refractivity contribution in [1.29, 1.82) is 0 Å². The Kier molecular flexibility index (Phi) is 3.23. The molecular weight excluding hydrogens is 325 g/mol. The molecule has 6 heteroatoms. The third-order valence-corrected chi connectivity index (χ3v) is 3.20. The molecule has 0 saturated carbocycles.